The van der Waals surface area contributed by atoms with Crippen LogP contribution in [0.1, 0.15) is 19.3 Å². The van der Waals surface area contributed by atoms with Crippen LogP contribution in [0.3, 0.4) is 0 Å². The van der Waals surface area contributed by atoms with Gasteiger partial charge in [-0.15, -0.1) is 12.4 Å². The van der Waals surface area contributed by atoms with Crippen molar-refractivity contribution >= 4 is 24.3 Å². The second-order valence-corrected chi connectivity index (χ2v) is 7.43. The highest BCUT2D eigenvalue weighted by molar-refractivity contribution is 5.85. The van der Waals surface area contributed by atoms with E-state index in [9.17, 15) is 14.7 Å². The lowest BCUT2D eigenvalue weighted by Gasteiger charge is -2.23. The van der Waals surface area contributed by atoms with Gasteiger partial charge in [0, 0.05) is 19.2 Å². The Balaban J connectivity index is 0.00000225. The molecule has 0 radical (unpaired) electrons. The van der Waals surface area contributed by atoms with Crippen molar-refractivity contribution in [2.24, 2.45) is 11.3 Å². The molecule has 0 aromatic heterocycles. The number of hydrogen-bond acceptors (Lipinski definition) is 6. The number of aliphatic carboxylic acids is 1. The van der Waals surface area contributed by atoms with Crippen molar-refractivity contribution in [1.29, 1.82) is 0 Å². The summed E-state index contributed by atoms with van der Waals surface area (Å²) in [5.41, 5.74) is -0.650. The number of nitrogens with one attached hydrogen (secondary N) is 1. The molecule has 2 fully saturated rings. The molecule has 0 unspecified atom stereocenters. The molecule has 1 amide bonds. The van der Waals surface area contributed by atoms with Crippen molar-refractivity contribution in [3.8, 4) is 17.2 Å². The Morgan fingerprint density at radius 1 is 1.32 bits per heavy atom. The minimum absolute atomic E-state index is 0. The van der Waals surface area contributed by atoms with E-state index in [0.29, 0.717) is 49.9 Å². The highest BCUT2D eigenvalue weighted by atomic mass is 35.5. The summed E-state index contributed by atoms with van der Waals surface area (Å²) in [6.45, 7) is 2.33. The van der Waals surface area contributed by atoms with E-state index in [4.69, 9.17) is 14.2 Å². The molecule has 1 aliphatic carbocycles. The average Bonchev–Trinajstić information content (AvgIpc) is 3.32. The van der Waals surface area contributed by atoms with E-state index in [1.54, 1.807) is 18.2 Å². The molecule has 2 N–H and O–H groups in total. The van der Waals surface area contributed by atoms with Crippen LogP contribution in [0.5, 0.6) is 17.2 Å². The number of carboxylic acids is 1. The van der Waals surface area contributed by atoms with Crippen molar-refractivity contribution in [1.82, 2.24) is 10.2 Å². The van der Waals surface area contributed by atoms with Gasteiger partial charge in [-0.05, 0) is 30.9 Å². The van der Waals surface area contributed by atoms with E-state index >= 15 is 0 Å². The van der Waals surface area contributed by atoms with Crippen molar-refractivity contribution < 1.29 is 28.9 Å². The number of carbonyl (C=O) groups is 2. The van der Waals surface area contributed by atoms with Crippen LogP contribution in [0.4, 0.5) is 0 Å². The Morgan fingerprint density at radius 3 is 2.93 bits per heavy atom. The van der Waals surface area contributed by atoms with Crippen molar-refractivity contribution in [3.63, 3.8) is 0 Å². The molecule has 3 aliphatic rings. The predicted octanol–water partition coefficient (Wildman–Crippen LogP) is 1.52. The maximum absolute atomic E-state index is 12.2. The van der Waals surface area contributed by atoms with Crippen LogP contribution in [-0.4, -0.2) is 61.5 Å². The monoisotopic (exact) mass is 412 g/mol. The molecule has 0 bridgehead atoms. The van der Waals surface area contributed by atoms with Crippen molar-refractivity contribution in [2.45, 2.75) is 19.3 Å². The van der Waals surface area contributed by atoms with Crippen molar-refractivity contribution in [2.75, 3.05) is 39.6 Å². The standard InChI is InChI=1S/C19H24N2O6.ClH/c22-17(10-21-9-13-2-1-5-19(13,11-21)18(23)24)20-6-7-25-14-3-4-15-16(8-14)27-12-26-15;/h3-4,8,13H,1-2,5-7,9-12H2,(H,20,22)(H,23,24);1H/t13-,19+;/m0./s1. The lowest BCUT2D eigenvalue weighted by Crippen LogP contribution is -2.40. The van der Waals surface area contributed by atoms with E-state index in [1.165, 1.54) is 0 Å². The molecule has 154 valence electrons. The number of ether oxygens (including phenoxy) is 3. The number of fused-ring (bicyclic) bond motifs is 2. The maximum Gasteiger partial charge on any atom is 0.311 e. The van der Waals surface area contributed by atoms with Gasteiger partial charge in [-0.3, -0.25) is 14.5 Å². The Labute approximate surface area is 169 Å². The van der Waals surface area contributed by atoms with Gasteiger partial charge in [0.25, 0.3) is 0 Å². The molecule has 2 heterocycles. The summed E-state index contributed by atoms with van der Waals surface area (Å²) in [6, 6.07) is 5.35. The Morgan fingerprint density at radius 2 is 2.14 bits per heavy atom. The summed E-state index contributed by atoms with van der Waals surface area (Å²) in [6.07, 6.45) is 2.62. The van der Waals surface area contributed by atoms with Crippen LogP contribution < -0.4 is 19.5 Å². The number of benzene rings is 1. The lowest BCUT2D eigenvalue weighted by atomic mass is 9.81. The maximum atomic E-state index is 12.2. The smallest absolute Gasteiger partial charge is 0.311 e. The number of rotatable bonds is 7. The van der Waals surface area contributed by atoms with Gasteiger partial charge in [0.05, 0.1) is 18.5 Å². The second kappa shape index (κ2) is 8.45. The minimum Gasteiger partial charge on any atom is -0.492 e. The largest absolute Gasteiger partial charge is 0.492 e. The topological polar surface area (TPSA) is 97.3 Å². The fourth-order valence-corrected chi connectivity index (χ4v) is 4.45. The second-order valence-electron chi connectivity index (χ2n) is 7.43. The third-order valence-corrected chi connectivity index (χ3v) is 5.77. The quantitative estimate of drug-likeness (QED) is 0.655. The minimum atomic E-state index is -0.718. The van der Waals surface area contributed by atoms with E-state index in [0.717, 1.165) is 12.8 Å². The molecule has 8 nitrogen and oxygen atoms in total. The molecule has 2 atom stereocenters. The summed E-state index contributed by atoms with van der Waals surface area (Å²) >= 11 is 0. The van der Waals surface area contributed by atoms with Crippen molar-refractivity contribution in [3.05, 3.63) is 18.2 Å². The zero-order valence-electron chi connectivity index (χ0n) is 15.5. The summed E-state index contributed by atoms with van der Waals surface area (Å²) in [4.78, 5) is 25.8. The summed E-state index contributed by atoms with van der Waals surface area (Å²) in [5, 5.41) is 12.4. The van der Waals surface area contributed by atoms with E-state index in [1.807, 2.05) is 4.90 Å². The number of hydrogen-bond donors (Lipinski definition) is 2. The fraction of sp³-hybridized carbons (Fsp3) is 0.579. The van der Waals surface area contributed by atoms with E-state index in [2.05, 4.69) is 5.32 Å². The molecular weight excluding hydrogens is 388 g/mol. The van der Waals surface area contributed by atoms with Crippen LogP contribution in [-0.2, 0) is 9.59 Å². The van der Waals surface area contributed by atoms with Gasteiger partial charge in [-0.2, -0.15) is 0 Å². The van der Waals surface area contributed by atoms with E-state index in [-0.39, 0.29) is 37.6 Å². The molecule has 9 heteroatoms. The number of carbonyl (C=O) groups excluding carboxylic acids is 1. The third-order valence-electron chi connectivity index (χ3n) is 5.77. The lowest BCUT2D eigenvalue weighted by molar-refractivity contribution is -0.149. The van der Waals surface area contributed by atoms with Gasteiger partial charge in [0.1, 0.15) is 12.4 Å². The van der Waals surface area contributed by atoms with Gasteiger partial charge in [0.15, 0.2) is 11.5 Å². The molecule has 28 heavy (non-hydrogen) atoms. The van der Waals surface area contributed by atoms with Crippen LogP contribution in [0, 0.1) is 11.3 Å². The zero-order chi connectivity index (χ0) is 18.9. The molecule has 4 rings (SSSR count). The van der Waals surface area contributed by atoms with Crippen LogP contribution in [0.15, 0.2) is 18.2 Å². The highest BCUT2D eigenvalue weighted by Crippen LogP contribution is 2.48. The summed E-state index contributed by atoms with van der Waals surface area (Å²) in [5.74, 6) is 1.35. The first-order valence-corrected chi connectivity index (χ1v) is 9.32. The Hall–Kier alpha value is -2.19. The number of halogens is 1. The number of carboxylic acid groups (broad SMARTS) is 1. The molecular formula is C19H25ClN2O6. The summed E-state index contributed by atoms with van der Waals surface area (Å²) in [7, 11) is 0. The third kappa shape index (κ3) is 3.98. The SMILES string of the molecule is Cl.O=C(CN1C[C@@H]2CCC[C@@]2(C(=O)O)C1)NCCOc1ccc2c(c1)OCO2. The molecule has 1 aromatic rings. The predicted molar refractivity (Wildman–Crippen MR) is 102 cm³/mol. The van der Waals surface area contributed by atoms with Crippen LogP contribution in [0.25, 0.3) is 0 Å². The summed E-state index contributed by atoms with van der Waals surface area (Å²) < 4.78 is 16.2. The normalized spacial score (nSPS) is 25.1. The fourth-order valence-electron chi connectivity index (χ4n) is 4.45. The number of amides is 1. The van der Waals surface area contributed by atoms with Gasteiger partial charge in [-0.25, -0.2) is 0 Å². The molecule has 1 saturated heterocycles. The highest BCUT2D eigenvalue weighted by Gasteiger charge is 2.54. The van der Waals surface area contributed by atoms with Crippen LogP contribution >= 0.6 is 12.4 Å². The van der Waals surface area contributed by atoms with Gasteiger partial charge >= 0.3 is 5.97 Å². The first-order chi connectivity index (χ1) is 13.1. The average molecular weight is 413 g/mol. The molecule has 2 aliphatic heterocycles. The first-order valence-electron chi connectivity index (χ1n) is 9.32. The van der Waals surface area contributed by atoms with Gasteiger partial charge in [-0.1, -0.05) is 6.42 Å². The molecule has 0 spiro atoms. The Kier molecular flexibility index (Phi) is 6.20. The Bertz CT molecular complexity index is 745. The molecule has 1 saturated carbocycles. The first kappa shape index (κ1) is 20.5. The van der Waals surface area contributed by atoms with E-state index < -0.39 is 11.4 Å². The number of likely N-dealkylation sites (tertiary alicyclic amines) is 1. The molecule has 1 aromatic carbocycles. The number of nitrogens with zero attached hydrogens (tertiary/aromatic N) is 1. The van der Waals surface area contributed by atoms with Gasteiger partial charge in [0.2, 0.25) is 12.7 Å². The van der Waals surface area contributed by atoms with Gasteiger partial charge < -0.3 is 24.6 Å². The zero-order valence-corrected chi connectivity index (χ0v) is 16.3. The van der Waals surface area contributed by atoms with Crippen LogP contribution in [0.2, 0.25) is 0 Å².